The molecule has 1 unspecified atom stereocenters. The molecule has 1 amide bonds. The van der Waals surface area contributed by atoms with Crippen LogP contribution in [0, 0.1) is 11.8 Å². The van der Waals surface area contributed by atoms with Gasteiger partial charge in [0.15, 0.2) is 0 Å². The Morgan fingerprint density at radius 1 is 1.00 bits per heavy atom. The van der Waals surface area contributed by atoms with Crippen LogP contribution in [0.5, 0.6) is 5.75 Å². The van der Waals surface area contributed by atoms with Crippen molar-refractivity contribution in [1.82, 2.24) is 4.90 Å². The molecule has 29 heavy (non-hydrogen) atoms. The maximum Gasteiger partial charge on any atom is 0.255 e. The molecule has 0 saturated carbocycles. The molecule has 0 aliphatic rings. The van der Waals surface area contributed by atoms with Gasteiger partial charge in [-0.1, -0.05) is 66.4 Å². The van der Waals surface area contributed by atoms with Crippen LogP contribution in [0.4, 0.5) is 0 Å². The highest BCUT2D eigenvalue weighted by Gasteiger charge is 2.24. The highest BCUT2D eigenvalue weighted by Crippen LogP contribution is 2.25. The molecule has 0 aliphatic heterocycles. The van der Waals surface area contributed by atoms with Gasteiger partial charge < -0.3 is 9.64 Å². The Hall–Kier alpha value is -3.77. The Balaban J connectivity index is 2.04. The third-order valence-corrected chi connectivity index (χ3v) is 4.48. The molecule has 0 fully saturated rings. The zero-order chi connectivity index (χ0) is 20.5. The van der Waals surface area contributed by atoms with Crippen LogP contribution in [0.15, 0.2) is 97.6 Å². The number of rotatable bonds is 6. The van der Waals surface area contributed by atoms with Gasteiger partial charge in [0.2, 0.25) is 0 Å². The summed E-state index contributed by atoms with van der Waals surface area (Å²) in [7, 11) is 1.63. The van der Waals surface area contributed by atoms with Gasteiger partial charge >= 0.3 is 0 Å². The van der Waals surface area contributed by atoms with E-state index < -0.39 is 6.04 Å². The number of amides is 1. The van der Waals surface area contributed by atoms with Crippen LogP contribution >= 0.6 is 0 Å². The third-order valence-electron chi connectivity index (χ3n) is 4.48. The lowest BCUT2D eigenvalue weighted by Crippen LogP contribution is -2.34. The van der Waals surface area contributed by atoms with Crippen LogP contribution in [-0.4, -0.2) is 24.5 Å². The molecule has 0 spiro atoms. The molecule has 0 aromatic heterocycles. The molecule has 144 valence electrons. The maximum absolute atomic E-state index is 13.3. The number of carbonyl (C=O) groups is 1. The van der Waals surface area contributed by atoms with Gasteiger partial charge in [-0.3, -0.25) is 4.79 Å². The first-order chi connectivity index (χ1) is 14.2. The molecule has 0 aliphatic carbocycles. The normalized spacial score (nSPS) is 10.9. The SMILES string of the molecule is C=CCN(C(=O)c1ccccc1)C(C#Cc1ccccc1)c1ccc(OC)cc1. The first-order valence-electron chi connectivity index (χ1n) is 9.40. The molecule has 3 heteroatoms. The minimum Gasteiger partial charge on any atom is -0.497 e. The Morgan fingerprint density at radius 3 is 2.21 bits per heavy atom. The molecule has 3 rings (SSSR count). The van der Waals surface area contributed by atoms with Gasteiger partial charge in [-0.05, 0) is 42.0 Å². The van der Waals surface area contributed by atoms with Crippen molar-refractivity contribution in [2.75, 3.05) is 13.7 Å². The lowest BCUT2D eigenvalue weighted by atomic mass is 10.0. The van der Waals surface area contributed by atoms with Crippen molar-refractivity contribution in [1.29, 1.82) is 0 Å². The molecule has 0 N–H and O–H groups in total. The summed E-state index contributed by atoms with van der Waals surface area (Å²) < 4.78 is 5.27. The molecule has 0 bridgehead atoms. The number of methoxy groups -OCH3 is 1. The fraction of sp³-hybridized carbons (Fsp3) is 0.115. The Labute approximate surface area is 172 Å². The van der Waals surface area contributed by atoms with Crippen molar-refractivity contribution in [3.05, 3.63) is 114 Å². The number of carbonyl (C=O) groups excluding carboxylic acids is 1. The predicted molar refractivity (Wildman–Crippen MR) is 117 cm³/mol. The molecule has 3 nitrogen and oxygen atoms in total. The van der Waals surface area contributed by atoms with Gasteiger partial charge in [0.1, 0.15) is 11.8 Å². The van der Waals surface area contributed by atoms with Crippen molar-refractivity contribution in [2.45, 2.75) is 6.04 Å². The van der Waals surface area contributed by atoms with Crippen LogP contribution < -0.4 is 4.74 Å². The lowest BCUT2D eigenvalue weighted by Gasteiger charge is -2.28. The average molecular weight is 381 g/mol. The van der Waals surface area contributed by atoms with Crippen molar-refractivity contribution in [3.63, 3.8) is 0 Å². The fourth-order valence-electron chi connectivity index (χ4n) is 2.99. The van der Waals surface area contributed by atoms with E-state index in [1.807, 2.05) is 84.9 Å². The van der Waals surface area contributed by atoms with Gasteiger partial charge in [0.05, 0.1) is 7.11 Å². The number of hydrogen-bond acceptors (Lipinski definition) is 2. The van der Waals surface area contributed by atoms with E-state index in [0.717, 1.165) is 16.9 Å². The first-order valence-corrected chi connectivity index (χ1v) is 9.40. The third kappa shape index (κ3) is 5.15. The summed E-state index contributed by atoms with van der Waals surface area (Å²) in [5.74, 6) is 7.17. The van der Waals surface area contributed by atoms with E-state index in [0.29, 0.717) is 12.1 Å². The standard InChI is InChI=1S/C26H23NO2/c1-3-20-27(26(28)23-12-8-5-9-13-23)25(19-14-21-10-6-4-7-11-21)22-15-17-24(29-2)18-16-22/h3-13,15-18,25H,1,20H2,2H3. The van der Waals surface area contributed by atoms with Crippen LogP contribution in [0.3, 0.4) is 0 Å². The lowest BCUT2D eigenvalue weighted by molar-refractivity contribution is 0.0739. The van der Waals surface area contributed by atoms with Crippen molar-refractivity contribution < 1.29 is 9.53 Å². The highest BCUT2D eigenvalue weighted by atomic mass is 16.5. The topological polar surface area (TPSA) is 29.5 Å². The zero-order valence-corrected chi connectivity index (χ0v) is 16.4. The van der Waals surface area contributed by atoms with Gasteiger partial charge in [-0.25, -0.2) is 0 Å². The van der Waals surface area contributed by atoms with Gasteiger partial charge in [-0.2, -0.15) is 0 Å². The molecule has 3 aromatic rings. The van der Waals surface area contributed by atoms with Crippen LogP contribution in [0.25, 0.3) is 0 Å². The second kappa shape index (κ2) is 9.96. The summed E-state index contributed by atoms with van der Waals surface area (Å²) in [4.78, 5) is 15.0. The molecule has 0 radical (unpaired) electrons. The van der Waals surface area contributed by atoms with Crippen LogP contribution in [0.2, 0.25) is 0 Å². The van der Waals surface area contributed by atoms with Gasteiger partial charge in [0.25, 0.3) is 5.91 Å². The average Bonchev–Trinajstić information content (AvgIpc) is 2.79. The van der Waals surface area contributed by atoms with E-state index in [1.54, 1.807) is 18.1 Å². The summed E-state index contributed by atoms with van der Waals surface area (Å²) in [6.07, 6.45) is 1.72. The number of hydrogen-bond donors (Lipinski definition) is 0. The second-order valence-electron chi connectivity index (χ2n) is 6.42. The fourth-order valence-corrected chi connectivity index (χ4v) is 2.99. The van der Waals surface area contributed by atoms with Gasteiger partial charge in [-0.15, -0.1) is 6.58 Å². The van der Waals surface area contributed by atoms with E-state index >= 15 is 0 Å². The van der Waals surface area contributed by atoms with Gasteiger partial charge in [0, 0.05) is 17.7 Å². The predicted octanol–water partition coefficient (Wildman–Crippen LogP) is 5.12. The van der Waals surface area contributed by atoms with Crippen LogP contribution in [0.1, 0.15) is 27.5 Å². The molecule has 3 aromatic carbocycles. The Morgan fingerprint density at radius 2 is 1.62 bits per heavy atom. The number of ether oxygens (including phenoxy) is 1. The minimum absolute atomic E-state index is 0.0892. The summed E-state index contributed by atoms with van der Waals surface area (Å²) >= 11 is 0. The van der Waals surface area contributed by atoms with Crippen molar-refractivity contribution in [2.24, 2.45) is 0 Å². The molecular formula is C26H23NO2. The van der Waals surface area contributed by atoms with Crippen LogP contribution in [-0.2, 0) is 0 Å². The molecular weight excluding hydrogens is 358 g/mol. The number of nitrogens with zero attached hydrogens (tertiary/aromatic N) is 1. The summed E-state index contributed by atoms with van der Waals surface area (Å²) in [6, 6.07) is 26.2. The summed E-state index contributed by atoms with van der Waals surface area (Å²) in [5, 5.41) is 0. The molecule has 0 saturated heterocycles. The Kier molecular flexibility index (Phi) is 6.86. The largest absolute Gasteiger partial charge is 0.497 e. The van der Waals surface area contributed by atoms with Crippen molar-refractivity contribution >= 4 is 5.91 Å². The second-order valence-corrected chi connectivity index (χ2v) is 6.42. The first kappa shape index (κ1) is 20.0. The molecule has 0 heterocycles. The number of benzene rings is 3. The van der Waals surface area contributed by atoms with E-state index in [2.05, 4.69) is 18.4 Å². The zero-order valence-electron chi connectivity index (χ0n) is 16.4. The molecule has 1 atom stereocenters. The summed E-state index contributed by atoms with van der Waals surface area (Å²) in [5.41, 5.74) is 2.44. The van der Waals surface area contributed by atoms with E-state index in [-0.39, 0.29) is 5.91 Å². The van der Waals surface area contributed by atoms with E-state index in [1.165, 1.54) is 0 Å². The van der Waals surface area contributed by atoms with E-state index in [4.69, 9.17) is 4.74 Å². The smallest absolute Gasteiger partial charge is 0.255 e. The van der Waals surface area contributed by atoms with Crippen molar-refractivity contribution in [3.8, 4) is 17.6 Å². The maximum atomic E-state index is 13.3. The van der Waals surface area contributed by atoms with E-state index in [9.17, 15) is 4.79 Å². The summed E-state index contributed by atoms with van der Waals surface area (Å²) in [6.45, 7) is 4.22. The highest BCUT2D eigenvalue weighted by molar-refractivity contribution is 5.94. The Bertz CT molecular complexity index is 999. The monoisotopic (exact) mass is 381 g/mol. The minimum atomic E-state index is -0.424. The quantitative estimate of drug-likeness (QED) is 0.438.